The number of nitrogens with zero attached hydrogens (tertiary/aromatic N) is 1. The average Bonchev–Trinajstić information content (AvgIpc) is 2.90. The number of Topliss-reactive ketones (excluding diaryl/α,β-unsaturated/α-hetero) is 1. The van der Waals surface area contributed by atoms with Crippen LogP contribution in [0.2, 0.25) is 10.0 Å². The molecule has 0 N–H and O–H groups in total. The normalized spacial score (nSPS) is 27.2. The van der Waals surface area contributed by atoms with E-state index in [0.717, 1.165) is 38.8 Å². The van der Waals surface area contributed by atoms with Gasteiger partial charge < -0.3 is 0 Å². The van der Waals surface area contributed by atoms with Crippen LogP contribution in [0.1, 0.15) is 44.1 Å². The van der Waals surface area contributed by atoms with Crippen LogP contribution < -0.4 is 0 Å². The quantitative estimate of drug-likeness (QED) is 0.801. The van der Waals surface area contributed by atoms with Gasteiger partial charge in [-0.25, -0.2) is 0 Å². The lowest BCUT2D eigenvalue weighted by molar-refractivity contribution is -0.123. The molecule has 1 saturated heterocycles. The standard InChI is InChI=1S/C17H21Cl2NO/c18-14-8-7-12(10-15(14)19)11-20-9-2-1-5-16(20)13-4-3-6-17(13)21/h7-8,10,13,16H,1-6,9,11H2. The van der Waals surface area contributed by atoms with Crippen molar-refractivity contribution in [2.75, 3.05) is 6.54 Å². The molecular weight excluding hydrogens is 305 g/mol. The Morgan fingerprint density at radius 3 is 2.67 bits per heavy atom. The lowest BCUT2D eigenvalue weighted by Crippen LogP contribution is -2.44. The Bertz CT molecular complexity index is 532. The Morgan fingerprint density at radius 1 is 1.10 bits per heavy atom. The predicted octanol–water partition coefficient (Wildman–Crippen LogP) is 4.72. The van der Waals surface area contributed by atoms with Gasteiger partial charge in [0.2, 0.25) is 0 Å². The molecule has 1 aromatic rings. The van der Waals surface area contributed by atoms with E-state index in [-0.39, 0.29) is 5.92 Å². The monoisotopic (exact) mass is 325 g/mol. The second kappa shape index (κ2) is 6.68. The fourth-order valence-corrected chi connectivity index (χ4v) is 4.11. The number of likely N-dealkylation sites (tertiary alicyclic amines) is 1. The van der Waals surface area contributed by atoms with Crippen LogP contribution in [0.5, 0.6) is 0 Å². The van der Waals surface area contributed by atoms with Crippen LogP contribution in [-0.4, -0.2) is 23.3 Å². The van der Waals surface area contributed by atoms with Gasteiger partial charge in [0.1, 0.15) is 5.78 Å². The number of carbonyl (C=O) groups is 1. The topological polar surface area (TPSA) is 20.3 Å². The number of ketones is 1. The van der Waals surface area contributed by atoms with Crippen molar-refractivity contribution in [3.05, 3.63) is 33.8 Å². The molecule has 0 amide bonds. The molecule has 114 valence electrons. The molecule has 3 rings (SSSR count). The molecule has 0 bridgehead atoms. The first-order valence-corrected chi connectivity index (χ1v) is 8.61. The molecule has 2 atom stereocenters. The van der Waals surface area contributed by atoms with Crippen LogP contribution in [-0.2, 0) is 11.3 Å². The molecule has 21 heavy (non-hydrogen) atoms. The lowest BCUT2D eigenvalue weighted by atomic mass is 9.88. The van der Waals surface area contributed by atoms with E-state index in [2.05, 4.69) is 4.90 Å². The molecule has 1 aliphatic heterocycles. The minimum atomic E-state index is 0.257. The summed E-state index contributed by atoms with van der Waals surface area (Å²) < 4.78 is 0. The van der Waals surface area contributed by atoms with Crippen LogP contribution in [0, 0.1) is 5.92 Å². The van der Waals surface area contributed by atoms with Crippen LogP contribution in [0.3, 0.4) is 0 Å². The summed E-state index contributed by atoms with van der Waals surface area (Å²) >= 11 is 12.1. The van der Waals surface area contributed by atoms with Crippen molar-refractivity contribution >= 4 is 29.0 Å². The summed E-state index contributed by atoms with van der Waals surface area (Å²) in [5, 5.41) is 1.21. The molecule has 2 fully saturated rings. The molecule has 0 spiro atoms. The van der Waals surface area contributed by atoms with Gasteiger partial charge in [0.05, 0.1) is 10.0 Å². The first-order valence-electron chi connectivity index (χ1n) is 7.86. The summed E-state index contributed by atoms with van der Waals surface area (Å²) in [6, 6.07) is 6.27. The second-order valence-electron chi connectivity index (χ2n) is 6.25. The Morgan fingerprint density at radius 2 is 1.95 bits per heavy atom. The first kappa shape index (κ1) is 15.3. The highest BCUT2D eigenvalue weighted by Crippen LogP contribution is 2.34. The maximum Gasteiger partial charge on any atom is 0.137 e. The summed E-state index contributed by atoms with van der Waals surface area (Å²) in [6.07, 6.45) is 6.53. The summed E-state index contributed by atoms with van der Waals surface area (Å²) in [5.41, 5.74) is 1.18. The van der Waals surface area contributed by atoms with Crippen LogP contribution >= 0.6 is 23.2 Å². The highest BCUT2D eigenvalue weighted by molar-refractivity contribution is 6.42. The summed E-state index contributed by atoms with van der Waals surface area (Å²) in [5.74, 6) is 0.731. The third-order valence-electron chi connectivity index (χ3n) is 4.85. The Balaban J connectivity index is 1.74. The van der Waals surface area contributed by atoms with Gasteiger partial charge in [0, 0.05) is 24.9 Å². The Hall–Kier alpha value is -0.570. The molecule has 2 nitrogen and oxygen atoms in total. The molecule has 1 saturated carbocycles. The summed E-state index contributed by atoms with van der Waals surface area (Å²) in [6.45, 7) is 1.94. The van der Waals surface area contributed by atoms with E-state index in [1.807, 2.05) is 18.2 Å². The van der Waals surface area contributed by atoms with E-state index in [1.54, 1.807) is 0 Å². The summed E-state index contributed by atoms with van der Waals surface area (Å²) in [7, 11) is 0. The van der Waals surface area contributed by atoms with E-state index in [4.69, 9.17) is 23.2 Å². The molecular formula is C17H21Cl2NO. The van der Waals surface area contributed by atoms with Gasteiger partial charge in [0.15, 0.2) is 0 Å². The molecule has 4 heteroatoms. The SMILES string of the molecule is O=C1CCCC1C1CCCCN1Cc1ccc(Cl)c(Cl)c1. The number of benzene rings is 1. The van der Waals surface area contributed by atoms with Crippen LogP contribution in [0.25, 0.3) is 0 Å². The maximum atomic E-state index is 12.1. The van der Waals surface area contributed by atoms with Crippen molar-refractivity contribution in [2.24, 2.45) is 5.92 Å². The van der Waals surface area contributed by atoms with Gasteiger partial charge in [-0.15, -0.1) is 0 Å². The van der Waals surface area contributed by atoms with E-state index in [0.29, 0.717) is 21.9 Å². The van der Waals surface area contributed by atoms with Crippen LogP contribution in [0.15, 0.2) is 18.2 Å². The zero-order chi connectivity index (χ0) is 14.8. The van der Waals surface area contributed by atoms with Gasteiger partial charge >= 0.3 is 0 Å². The number of hydrogen-bond acceptors (Lipinski definition) is 2. The highest BCUT2D eigenvalue weighted by atomic mass is 35.5. The van der Waals surface area contributed by atoms with Gasteiger partial charge in [-0.1, -0.05) is 35.7 Å². The number of halogens is 2. The van der Waals surface area contributed by atoms with Crippen molar-refractivity contribution in [3.63, 3.8) is 0 Å². The van der Waals surface area contributed by atoms with E-state index in [9.17, 15) is 4.79 Å². The Kier molecular flexibility index (Phi) is 4.88. The highest BCUT2D eigenvalue weighted by Gasteiger charge is 2.36. The zero-order valence-electron chi connectivity index (χ0n) is 12.2. The van der Waals surface area contributed by atoms with Crippen molar-refractivity contribution in [1.29, 1.82) is 0 Å². The molecule has 2 unspecified atom stereocenters. The zero-order valence-corrected chi connectivity index (χ0v) is 13.7. The minimum Gasteiger partial charge on any atom is -0.299 e. The van der Waals surface area contributed by atoms with Gasteiger partial charge in [-0.3, -0.25) is 9.69 Å². The third kappa shape index (κ3) is 3.44. The van der Waals surface area contributed by atoms with Gasteiger partial charge in [-0.2, -0.15) is 0 Å². The maximum absolute atomic E-state index is 12.1. The molecule has 0 aromatic heterocycles. The number of rotatable bonds is 3. The molecule has 1 aromatic carbocycles. The second-order valence-corrected chi connectivity index (χ2v) is 7.06. The Labute approximate surface area is 136 Å². The van der Waals surface area contributed by atoms with Gasteiger partial charge in [-0.05, 0) is 49.9 Å². The van der Waals surface area contributed by atoms with Crippen molar-refractivity contribution in [1.82, 2.24) is 4.90 Å². The largest absolute Gasteiger partial charge is 0.299 e. The number of piperidine rings is 1. The first-order chi connectivity index (χ1) is 10.1. The molecule has 1 heterocycles. The molecule has 1 aliphatic carbocycles. The lowest BCUT2D eigenvalue weighted by Gasteiger charge is -2.38. The van der Waals surface area contributed by atoms with E-state index in [1.165, 1.54) is 18.4 Å². The van der Waals surface area contributed by atoms with Gasteiger partial charge in [0.25, 0.3) is 0 Å². The number of carbonyl (C=O) groups excluding carboxylic acids is 1. The average molecular weight is 326 g/mol. The fraction of sp³-hybridized carbons (Fsp3) is 0.588. The van der Waals surface area contributed by atoms with Crippen LogP contribution in [0.4, 0.5) is 0 Å². The predicted molar refractivity (Wildman–Crippen MR) is 86.9 cm³/mol. The van der Waals surface area contributed by atoms with Crippen molar-refractivity contribution in [3.8, 4) is 0 Å². The van der Waals surface area contributed by atoms with Crippen molar-refractivity contribution in [2.45, 2.75) is 51.1 Å². The number of hydrogen-bond donors (Lipinski definition) is 0. The van der Waals surface area contributed by atoms with E-state index >= 15 is 0 Å². The third-order valence-corrected chi connectivity index (χ3v) is 5.59. The molecule has 2 aliphatic rings. The van der Waals surface area contributed by atoms with Crippen molar-refractivity contribution < 1.29 is 4.79 Å². The minimum absolute atomic E-state index is 0.257. The molecule has 0 radical (unpaired) electrons. The smallest absolute Gasteiger partial charge is 0.137 e. The fourth-order valence-electron chi connectivity index (χ4n) is 3.79. The summed E-state index contributed by atoms with van der Waals surface area (Å²) in [4.78, 5) is 14.6. The van der Waals surface area contributed by atoms with E-state index < -0.39 is 0 Å².